The lowest BCUT2D eigenvalue weighted by atomic mass is 9.91. The van der Waals surface area contributed by atoms with Crippen LogP contribution in [0.2, 0.25) is 0 Å². The number of alkyl halides is 1. The molecule has 1 saturated carbocycles. The fraction of sp³-hybridized carbons (Fsp3) is 0.308. The van der Waals surface area contributed by atoms with E-state index in [0.29, 0.717) is 6.42 Å². The number of para-hydroxylation sites is 1. The van der Waals surface area contributed by atoms with E-state index in [1.54, 1.807) is 6.20 Å². The molecule has 2 unspecified atom stereocenters. The fourth-order valence-electron chi connectivity index (χ4n) is 2.00. The van der Waals surface area contributed by atoms with Gasteiger partial charge in [0.05, 0.1) is 17.2 Å². The van der Waals surface area contributed by atoms with Crippen LogP contribution in [0.25, 0.3) is 10.9 Å². The summed E-state index contributed by atoms with van der Waals surface area (Å²) in [4.78, 5) is 4.33. The first-order chi connectivity index (χ1) is 8.34. The smallest absolute Gasteiger partial charge is 0.117 e. The van der Waals surface area contributed by atoms with Crippen LogP contribution in [0.3, 0.4) is 0 Å². The maximum atomic E-state index is 13.1. The quantitative estimate of drug-likeness (QED) is 0.797. The van der Waals surface area contributed by atoms with Crippen molar-refractivity contribution in [3.8, 4) is 0 Å². The van der Waals surface area contributed by atoms with Crippen molar-refractivity contribution in [2.75, 3.05) is 5.43 Å². The zero-order chi connectivity index (χ0) is 11.7. The molecule has 2 N–H and O–H groups in total. The molecule has 3 nitrogen and oxygen atoms in total. The van der Waals surface area contributed by atoms with Gasteiger partial charge in [0, 0.05) is 11.6 Å². The summed E-state index contributed by atoms with van der Waals surface area (Å²) in [6.07, 6.45) is 2.57. The zero-order valence-corrected chi connectivity index (χ0v) is 9.36. The van der Waals surface area contributed by atoms with Crippen LogP contribution in [-0.4, -0.2) is 17.2 Å². The van der Waals surface area contributed by atoms with Gasteiger partial charge in [-0.3, -0.25) is 4.98 Å². The van der Waals surface area contributed by atoms with Gasteiger partial charge in [-0.25, -0.2) is 9.82 Å². The topological polar surface area (TPSA) is 37.0 Å². The summed E-state index contributed by atoms with van der Waals surface area (Å²) in [5.41, 5.74) is 7.87. The first-order valence-corrected chi connectivity index (χ1v) is 5.84. The summed E-state index contributed by atoms with van der Waals surface area (Å²) in [6.45, 7) is 0. The molecule has 2 atom stereocenters. The summed E-state index contributed by atoms with van der Waals surface area (Å²) in [7, 11) is 0. The third-order valence-corrected chi connectivity index (χ3v) is 3.21. The highest BCUT2D eigenvalue weighted by Gasteiger charge is 2.30. The minimum Gasteiger partial charge on any atom is -0.319 e. The standard InChI is InChI=1S/C13H14FN3/c14-10-6-7-11(10)16-17-12-5-1-3-9-4-2-8-15-13(9)12/h1-5,8,10-11,16-17H,6-7H2. The summed E-state index contributed by atoms with van der Waals surface area (Å²) in [5.74, 6) is 0. The van der Waals surface area contributed by atoms with Crippen molar-refractivity contribution in [2.24, 2.45) is 0 Å². The third kappa shape index (κ3) is 1.96. The van der Waals surface area contributed by atoms with E-state index < -0.39 is 6.17 Å². The Hall–Kier alpha value is -1.68. The second-order valence-electron chi connectivity index (χ2n) is 4.35. The van der Waals surface area contributed by atoms with Crippen LogP contribution in [0.15, 0.2) is 36.5 Å². The number of aromatic nitrogens is 1. The number of fused-ring (bicyclic) bond motifs is 1. The highest BCUT2D eigenvalue weighted by atomic mass is 19.1. The predicted octanol–water partition coefficient (Wildman–Crippen LogP) is 2.65. The van der Waals surface area contributed by atoms with Gasteiger partial charge in [-0.2, -0.15) is 0 Å². The molecule has 0 amide bonds. The van der Waals surface area contributed by atoms with Crippen LogP contribution < -0.4 is 10.9 Å². The van der Waals surface area contributed by atoms with E-state index in [-0.39, 0.29) is 6.04 Å². The van der Waals surface area contributed by atoms with Gasteiger partial charge in [0.25, 0.3) is 0 Å². The molecular weight excluding hydrogens is 217 g/mol. The van der Waals surface area contributed by atoms with E-state index in [1.165, 1.54) is 0 Å². The number of nitrogens with zero attached hydrogens (tertiary/aromatic N) is 1. The van der Waals surface area contributed by atoms with Crippen LogP contribution in [0.4, 0.5) is 10.1 Å². The Morgan fingerprint density at radius 1 is 1.18 bits per heavy atom. The zero-order valence-electron chi connectivity index (χ0n) is 9.36. The van der Waals surface area contributed by atoms with E-state index in [1.807, 2.05) is 30.3 Å². The van der Waals surface area contributed by atoms with E-state index in [4.69, 9.17) is 0 Å². The normalized spacial score (nSPS) is 23.4. The lowest BCUT2D eigenvalue weighted by Gasteiger charge is -2.31. The van der Waals surface area contributed by atoms with Gasteiger partial charge in [-0.05, 0) is 25.0 Å². The molecule has 1 aliphatic rings. The number of halogens is 1. The highest BCUT2D eigenvalue weighted by molar-refractivity contribution is 5.89. The monoisotopic (exact) mass is 231 g/mol. The maximum absolute atomic E-state index is 13.1. The maximum Gasteiger partial charge on any atom is 0.117 e. The number of anilines is 1. The SMILES string of the molecule is FC1CCC1NNc1cccc2cccnc12. The Balaban J connectivity index is 1.80. The molecule has 1 aliphatic carbocycles. The second kappa shape index (κ2) is 4.30. The van der Waals surface area contributed by atoms with Crippen molar-refractivity contribution < 1.29 is 4.39 Å². The average molecular weight is 231 g/mol. The Labute approximate surface area is 99.0 Å². The predicted molar refractivity (Wildman–Crippen MR) is 66.4 cm³/mol. The van der Waals surface area contributed by atoms with E-state index >= 15 is 0 Å². The highest BCUT2D eigenvalue weighted by Crippen LogP contribution is 2.24. The van der Waals surface area contributed by atoms with Gasteiger partial charge >= 0.3 is 0 Å². The molecule has 17 heavy (non-hydrogen) atoms. The Morgan fingerprint density at radius 2 is 2.06 bits per heavy atom. The van der Waals surface area contributed by atoms with Crippen LogP contribution in [0.5, 0.6) is 0 Å². The van der Waals surface area contributed by atoms with Gasteiger partial charge in [-0.15, -0.1) is 0 Å². The van der Waals surface area contributed by atoms with Gasteiger partial charge in [0.1, 0.15) is 6.17 Å². The number of hydrogen-bond acceptors (Lipinski definition) is 3. The molecule has 1 aromatic carbocycles. The largest absolute Gasteiger partial charge is 0.319 e. The van der Waals surface area contributed by atoms with Gasteiger partial charge in [-0.1, -0.05) is 18.2 Å². The van der Waals surface area contributed by atoms with Crippen LogP contribution >= 0.6 is 0 Å². The van der Waals surface area contributed by atoms with Crippen LogP contribution in [0.1, 0.15) is 12.8 Å². The molecule has 88 valence electrons. The van der Waals surface area contributed by atoms with Crippen molar-refractivity contribution in [2.45, 2.75) is 25.1 Å². The molecule has 4 heteroatoms. The number of benzene rings is 1. The molecule has 0 radical (unpaired) electrons. The average Bonchev–Trinajstić information content (AvgIpc) is 2.37. The molecule has 0 spiro atoms. The van der Waals surface area contributed by atoms with Crippen LogP contribution in [-0.2, 0) is 0 Å². The van der Waals surface area contributed by atoms with Crippen molar-refractivity contribution >= 4 is 16.6 Å². The number of hydrogen-bond donors (Lipinski definition) is 2. The van der Waals surface area contributed by atoms with Crippen LogP contribution in [0, 0.1) is 0 Å². The number of nitrogens with one attached hydrogen (secondary N) is 2. The number of rotatable bonds is 3. The van der Waals surface area contributed by atoms with E-state index in [2.05, 4.69) is 15.8 Å². The molecule has 1 aromatic heterocycles. The Bertz CT molecular complexity index is 524. The Kier molecular flexibility index (Phi) is 2.65. The lowest BCUT2D eigenvalue weighted by Crippen LogP contribution is -2.48. The first-order valence-electron chi connectivity index (χ1n) is 5.84. The van der Waals surface area contributed by atoms with Crippen molar-refractivity contribution in [1.29, 1.82) is 0 Å². The fourth-order valence-corrected chi connectivity index (χ4v) is 2.00. The Morgan fingerprint density at radius 3 is 2.82 bits per heavy atom. The van der Waals surface area contributed by atoms with Gasteiger partial charge in [0.15, 0.2) is 0 Å². The van der Waals surface area contributed by atoms with Crippen molar-refractivity contribution in [1.82, 2.24) is 10.4 Å². The van der Waals surface area contributed by atoms with Crippen molar-refractivity contribution in [3.05, 3.63) is 36.5 Å². The summed E-state index contributed by atoms with van der Waals surface area (Å²) in [6, 6.07) is 9.75. The van der Waals surface area contributed by atoms with E-state index in [9.17, 15) is 4.39 Å². The second-order valence-corrected chi connectivity index (χ2v) is 4.35. The van der Waals surface area contributed by atoms with Gasteiger partial charge in [0.2, 0.25) is 0 Å². The van der Waals surface area contributed by atoms with Crippen molar-refractivity contribution in [3.63, 3.8) is 0 Å². The molecule has 0 saturated heterocycles. The summed E-state index contributed by atoms with van der Waals surface area (Å²) >= 11 is 0. The summed E-state index contributed by atoms with van der Waals surface area (Å²) in [5, 5.41) is 1.07. The van der Waals surface area contributed by atoms with Gasteiger partial charge < -0.3 is 5.43 Å². The molecule has 3 rings (SSSR count). The minimum absolute atomic E-state index is 0.0750. The lowest BCUT2D eigenvalue weighted by molar-refractivity contribution is 0.149. The number of hydrazine groups is 1. The molecule has 1 heterocycles. The molecule has 1 fully saturated rings. The molecule has 2 aromatic rings. The van der Waals surface area contributed by atoms with E-state index in [0.717, 1.165) is 23.0 Å². The molecule has 0 bridgehead atoms. The number of pyridine rings is 1. The molecule has 0 aliphatic heterocycles. The molecular formula is C13H14FN3. The summed E-state index contributed by atoms with van der Waals surface area (Å²) < 4.78 is 13.1. The third-order valence-electron chi connectivity index (χ3n) is 3.21. The minimum atomic E-state index is -0.731. The first kappa shape index (κ1) is 10.5.